The molecule has 0 aromatic carbocycles. The summed E-state index contributed by atoms with van der Waals surface area (Å²) in [6, 6.07) is 6.67. The largest absolute Gasteiger partial charge is 0.355 e. The predicted octanol–water partition coefficient (Wildman–Crippen LogP) is 4.09. The lowest BCUT2D eigenvalue weighted by atomic mass is 9.85. The fraction of sp³-hybridized carbons (Fsp3) is 0.562. The third kappa shape index (κ3) is 2.28. The van der Waals surface area contributed by atoms with Crippen LogP contribution in [0.15, 0.2) is 24.4 Å². The van der Waals surface area contributed by atoms with Crippen molar-refractivity contribution in [3.8, 4) is 0 Å². The van der Waals surface area contributed by atoms with E-state index in [0.29, 0.717) is 11.9 Å². The molecule has 1 aliphatic rings. The van der Waals surface area contributed by atoms with Crippen LogP contribution in [0.1, 0.15) is 38.3 Å². The Morgan fingerprint density at radius 2 is 2.15 bits per heavy atom. The normalized spacial score (nSPS) is 23.1. The summed E-state index contributed by atoms with van der Waals surface area (Å²) in [6.45, 7) is 2.36. The number of hydrogen-bond donors (Lipinski definition) is 0. The third-order valence-corrected chi connectivity index (χ3v) is 4.89. The summed E-state index contributed by atoms with van der Waals surface area (Å²) in [7, 11) is 2.17. The minimum atomic E-state index is 0.492. The Hall–Kier alpha value is -1.22. The summed E-state index contributed by atoms with van der Waals surface area (Å²) in [4.78, 5) is 7.15. The Morgan fingerprint density at radius 1 is 1.35 bits per heavy atom. The second-order valence-electron chi connectivity index (χ2n) is 5.88. The molecule has 2 unspecified atom stereocenters. The Kier molecular flexibility index (Phi) is 3.88. The van der Waals surface area contributed by atoms with Crippen molar-refractivity contribution in [3.63, 3.8) is 0 Å². The zero-order valence-electron chi connectivity index (χ0n) is 12.2. The lowest BCUT2D eigenvalue weighted by Gasteiger charge is -2.36. The summed E-state index contributed by atoms with van der Waals surface area (Å²) in [5.74, 6) is 2.26. The maximum atomic E-state index is 6.18. The van der Waals surface area contributed by atoms with Crippen molar-refractivity contribution in [2.24, 2.45) is 5.92 Å². The molecule has 0 N–H and O–H groups in total. The van der Waals surface area contributed by atoms with Gasteiger partial charge in [0.15, 0.2) is 5.82 Å². The maximum absolute atomic E-state index is 6.18. The van der Waals surface area contributed by atoms with Crippen molar-refractivity contribution in [2.45, 2.75) is 44.5 Å². The Morgan fingerprint density at radius 3 is 2.90 bits per heavy atom. The van der Waals surface area contributed by atoms with Crippen molar-refractivity contribution in [2.75, 3.05) is 11.9 Å². The predicted molar refractivity (Wildman–Crippen MR) is 84.6 cm³/mol. The molecule has 2 atom stereocenters. The molecule has 20 heavy (non-hydrogen) atoms. The van der Waals surface area contributed by atoms with Crippen LogP contribution in [0.3, 0.4) is 0 Å². The minimum absolute atomic E-state index is 0.492. The van der Waals surface area contributed by atoms with Crippen LogP contribution in [0.5, 0.6) is 0 Å². The number of pyridine rings is 1. The van der Waals surface area contributed by atoms with Gasteiger partial charge in [0.2, 0.25) is 0 Å². The van der Waals surface area contributed by atoms with Gasteiger partial charge in [0.1, 0.15) is 5.65 Å². The van der Waals surface area contributed by atoms with E-state index in [4.69, 9.17) is 16.6 Å². The summed E-state index contributed by atoms with van der Waals surface area (Å²) in [5, 5.41) is 0. The molecule has 1 aliphatic carbocycles. The molecule has 0 saturated heterocycles. The Labute approximate surface area is 125 Å². The van der Waals surface area contributed by atoms with E-state index in [1.54, 1.807) is 0 Å². The highest BCUT2D eigenvalue weighted by molar-refractivity contribution is 6.17. The summed E-state index contributed by atoms with van der Waals surface area (Å²) in [5.41, 5.74) is 2.08. The zero-order chi connectivity index (χ0) is 14.1. The number of fused-ring (bicyclic) bond motifs is 1. The first-order valence-electron chi connectivity index (χ1n) is 7.47. The van der Waals surface area contributed by atoms with Crippen LogP contribution in [-0.4, -0.2) is 22.5 Å². The van der Waals surface area contributed by atoms with E-state index in [2.05, 4.69) is 23.3 Å². The Balaban J connectivity index is 2.00. The smallest absolute Gasteiger partial charge is 0.152 e. The monoisotopic (exact) mass is 291 g/mol. The maximum Gasteiger partial charge on any atom is 0.152 e. The molecule has 1 saturated carbocycles. The van der Waals surface area contributed by atoms with Crippen molar-refractivity contribution in [1.82, 2.24) is 9.38 Å². The summed E-state index contributed by atoms with van der Waals surface area (Å²) in [6.07, 6.45) is 7.30. The molecule has 1 fully saturated rings. The number of alkyl halides is 1. The van der Waals surface area contributed by atoms with Gasteiger partial charge in [-0.05, 0) is 30.9 Å². The van der Waals surface area contributed by atoms with Crippen molar-refractivity contribution >= 4 is 23.1 Å². The molecule has 2 aromatic rings. The standard InChI is InChI=1S/C16H22ClN3/c1-12-7-3-4-8-13(12)19(2)16-14(11-17)20-10-6-5-9-15(20)18-16/h5-6,9-10,12-13H,3-4,7-8,11H2,1-2H3. The molecular weight excluding hydrogens is 270 g/mol. The van der Waals surface area contributed by atoms with Crippen LogP contribution in [0.2, 0.25) is 0 Å². The summed E-state index contributed by atoms with van der Waals surface area (Å²) >= 11 is 6.18. The first kappa shape index (κ1) is 13.7. The second kappa shape index (κ2) is 5.65. The molecular formula is C16H22ClN3. The average molecular weight is 292 g/mol. The fourth-order valence-corrected chi connectivity index (χ4v) is 3.72. The van der Waals surface area contributed by atoms with E-state index < -0.39 is 0 Å². The molecule has 2 heterocycles. The van der Waals surface area contributed by atoms with Gasteiger partial charge in [-0.2, -0.15) is 0 Å². The van der Waals surface area contributed by atoms with E-state index in [0.717, 1.165) is 23.1 Å². The van der Waals surface area contributed by atoms with Gasteiger partial charge in [0, 0.05) is 19.3 Å². The van der Waals surface area contributed by atoms with Crippen LogP contribution in [-0.2, 0) is 5.88 Å². The number of rotatable bonds is 3. The van der Waals surface area contributed by atoms with Crippen LogP contribution in [0.4, 0.5) is 5.82 Å². The van der Waals surface area contributed by atoms with Crippen molar-refractivity contribution in [1.29, 1.82) is 0 Å². The number of anilines is 1. The fourth-order valence-electron chi connectivity index (χ4n) is 3.47. The SMILES string of the molecule is CC1CCCCC1N(C)c1nc2ccccn2c1CCl. The highest BCUT2D eigenvalue weighted by atomic mass is 35.5. The van der Waals surface area contributed by atoms with Crippen LogP contribution in [0.25, 0.3) is 5.65 Å². The molecule has 0 amide bonds. The van der Waals surface area contributed by atoms with E-state index in [1.165, 1.54) is 25.7 Å². The lowest BCUT2D eigenvalue weighted by Crippen LogP contribution is -2.39. The molecule has 0 spiro atoms. The number of aromatic nitrogens is 2. The number of hydrogen-bond acceptors (Lipinski definition) is 2. The summed E-state index contributed by atoms with van der Waals surface area (Å²) < 4.78 is 2.10. The minimum Gasteiger partial charge on any atom is -0.355 e. The Bertz CT molecular complexity index is 592. The van der Waals surface area contributed by atoms with Gasteiger partial charge in [-0.15, -0.1) is 11.6 Å². The van der Waals surface area contributed by atoms with Gasteiger partial charge in [-0.3, -0.25) is 0 Å². The topological polar surface area (TPSA) is 20.5 Å². The molecule has 3 rings (SSSR count). The molecule has 0 aliphatic heterocycles. The average Bonchev–Trinajstić information content (AvgIpc) is 2.85. The van der Waals surface area contributed by atoms with Gasteiger partial charge in [-0.25, -0.2) is 4.98 Å². The van der Waals surface area contributed by atoms with E-state index in [9.17, 15) is 0 Å². The second-order valence-corrected chi connectivity index (χ2v) is 6.15. The van der Waals surface area contributed by atoms with Gasteiger partial charge in [0.25, 0.3) is 0 Å². The lowest BCUT2D eigenvalue weighted by molar-refractivity contribution is 0.320. The number of nitrogens with zero attached hydrogens (tertiary/aromatic N) is 3. The molecule has 3 nitrogen and oxygen atoms in total. The van der Waals surface area contributed by atoms with E-state index in [-0.39, 0.29) is 0 Å². The van der Waals surface area contributed by atoms with E-state index in [1.807, 2.05) is 24.4 Å². The number of halogens is 1. The first-order valence-corrected chi connectivity index (χ1v) is 8.00. The molecule has 4 heteroatoms. The first-order chi connectivity index (χ1) is 9.72. The molecule has 0 bridgehead atoms. The molecule has 0 radical (unpaired) electrons. The van der Waals surface area contributed by atoms with Gasteiger partial charge in [-0.1, -0.05) is 25.8 Å². The van der Waals surface area contributed by atoms with Gasteiger partial charge in [0.05, 0.1) is 11.6 Å². The zero-order valence-corrected chi connectivity index (χ0v) is 13.0. The van der Waals surface area contributed by atoms with Gasteiger partial charge >= 0.3 is 0 Å². The highest BCUT2D eigenvalue weighted by Gasteiger charge is 2.28. The quantitative estimate of drug-likeness (QED) is 0.794. The van der Waals surface area contributed by atoms with Crippen LogP contribution >= 0.6 is 11.6 Å². The van der Waals surface area contributed by atoms with E-state index >= 15 is 0 Å². The van der Waals surface area contributed by atoms with Crippen molar-refractivity contribution in [3.05, 3.63) is 30.1 Å². The van der Waals surface area contributed by atoms with Gasteiger partial charge < -0.3 is 9.30 Å². The van der Waals surface area contributed by atoms with Crippen LogP contribution in [0, 0.1) is 5.92 Å². The van der Waals surface area contributed by atoms with Crippen molar-refractivity contribution < 1.29 is 0 Å². The highest BCUT2D eigenvalue weighted by Crippen LogP contribution is 2.32. The molecule has 108 valence electrons. The third-order valence-electron chi connectivity index (χ3n) is 4.63. The van der Waals surface area contributed by atoms with Crippen LogP contribution < -0.4 is 4.90 Å². The molecule has 2 aromatic heterocycles. The number of imidazole rings is 1.